The van der Waals surface area contributed by atoms with Gasteiger partial charge in [-0.2, -0.15) is 5.26 Å². The lowest BCUT2D eigenvalue weighted by Gasteiger charge is -2.37. The topological polar surface area (TPSA) is 88.4 Å². The SMILES string of the molecule is COC(=O)[C@@]1(NC(C)=O)C[C@H](c2ccccc2)C=C(C#N)O1. The molecule has 0 saturated heterocycles. The second-order valence-electron chi connectivity index (χ2n) is 4.97. The molecule has 1 amide bonds. The van der Waals surface area contributed by atoms with Gasteiger partial charge in [-0.05, 0) is 11.6 Å². The van der Waals surface area contributed by atoms with Crippen LogP contribution in [0, 0.1) is 11.3 Å². The molecule has 6 nitrogen and oxygen atoms in total. The molecular formula is C16H16N2O4. The van der Waals surface area contributed by atoms with Crippen LogP contribution in [0.15, 0.2) is 42.2 Å². The molecule has 0 unspecified atom stereocenters. The third kappa shape index (κ3) is 3.09. The van der Waals surface area contributed by atoms with Gasteiger partial charge in [-0.3, -0.25) is 4.79 Å². The van der Waals surface area contributed by atoms with Crippen LogP contribution in [0.2, 0.25) is 0 Å². The smallest absolute Gasteiger partial charge is 0.372 e. The summed E-state index contributed by atoms with van der Waals surface area (Å²) in [6, 6.07) is 11.3. The Morgan fingerprint density at radius 3 is 2.64 bits per heavy atom. The van der Waals surface area contributed by atoms with Crippen molar-refractivity contribution in [1.82, 2.24) is 5.32 Å². The van der Waals surface area contributed by atoms with Crippen molar-refractivity contribution in [2.24, 2.45) is 0 Å². The Morgan fingerprint density at radius 1 is 1.41 bits per heavy atom. The van der Waals surface area contributed by atoms with Gasteiger partial charge in [-0.25, -0.2) is 4.79 Å². The first-order chi connectivity index (χ1) is 10.5. The van der Waals surface area contributed by atoms with E-state index in [2.05, 4.69) is 5.32 Å². The molecule has 22 heavy (non-hydrogen) atoms. The molecule has 0 aromatic heterocycles. The number of rotatable bonds is 3. The predicted molar refractivity (Wildman–Crippen MR) is 77.1 cm³/mol. The van der Waals surface area contributed by atoms with Crippen LogP contribution in [0.4, 0.5) is 0 Å². The van der Waals surface area contributed by atoms with Crippen LogP contribution in [-0.2, 0) is 19.1 Å². The maximum absolute atomic E-state index is 12.2. The highest BCUT2D eigenvalue weighted by Crippen LogP contribution is 2.36. The minimum atomic E-state index is -1.69. The highest BCUT2D eigenvalue weighted by atomic mass is 16.6. The van der Waals surface area contributed by atoms with E-state index in [1.165, 1.54) is 14.0 Å². The molecule has 1 aromatic rings. The van der Waals surface area contributed by atoms with Crippen molar-refractivity contribution in [3.8, 4) is 6.07 Å². The van der Waals surface area contributed by atoms with Gasteiger partial charge in [0.05, 0.1) is 7.11 Å². The number of amides is 1. The number of methoxy groups -OCH3 is 1. The van der Waals surface area contributed by atoms with Crippen molar-refractivity contribution in [3.05, 3.63) is 47.7 Å². The summed E-state index contributed by atoms with van der Waals surface area (Å²) in [5.41, 5.74) is -0.779. The summed E-state index contributed by atoms with van der Waals surface area (Å²) < 4.78 is 10.2. The number of esters is 1. The Balaban J connectivity index is 2.45. The molecule has 0 bridgehead atoms. The average molecular weight is 300 g/mol. The van der Waals surface area contributed by atoms with Crippen LogP contribution < -0.4 is 5.32 Å². The van der Waals surface area contributed by atoms with E-state index in [1.807, 2.05) is 36.4 Å². The summed E-state index contributed by atoms with van der Waals surface area (Å²) in [4.78, 5) is 23.6. The number of allylic oxidation sites excluding steroid dienone is 2. The van der Waals surface area contributed by atoms with Crippen LogP contribution in [0.5, 0.6) is 0 Å². The number of carbonyl (C=O) groups is 2. The van der Waals surface area contributed by atoms with Gasteiger partial charge < -0.3 is 14.8 Å². The first-order valence-electron chi connectivity index (χ1n) is 6.74. The maximum Gasteiger partial charge on any atom is 0.372 e. The van der Waals surface area contributed by atoms with Crippen LogP contribution in [-0.4, -0.2) is 24.7 Å². The zero-order valence-corrected chi connectivity index (χ0v) is 12.3. The number of carbonyl (C=O) groups excluding carboxylic acids is 2. The summed E-state index contributed by atoms with van der Waals surface area (Å²) in [7, 11) is 1.21. The first kappa shape index (κ1) is 15.6. The number of nitrogens with one attached hydrogen (secondary N) is 1. The van der Waals surface area contributed by atoms with Gasteiger partial charge in [0.1, 0.15) is 6.07 Å². The highest BCUT2D eigenvalue weighted by Gasteiger charge is 2.48. The van der Waals surface area contributed by atoms with Crippen LogP contribution in [0.3, 0.4) is 0 Å². The molecule has 6 heteroatoms. The molecule has 0 aliphatic carbocycles. The normalized spacial score (nSPS) is 23.5. The molecule has 0 fully saturated rings. The quantitative estimate of drug-likeness (QED) is 0.857. The molecule has 0 radical (unpaired) electrons. The molecule has 1 aliphatic heterocycles. The van der Waals surface area contributed by atoms with E-state index < -0.39 is 17.6 Å². The fraction of sp³-hybridized carbons (Fsp3) is 0.312. The standard InChI is InChI=1S/C16H16N2O4/c1-11(19)18-16(15(20)21-2)9-13(8-14(10-17)22-16)12-6-4-3-5-7-12/h3-8,13H,9H2,1-2H3,(H,18,19)/t13-,16-/m1/s1. The van der Waals surface area contributed by atoms with Gasteiger partial charge in [-0.1, -0.05) is 30.3 Å². The van der Waals surface area contributed by atoms with Crippen LogP contribution >= 0.6 is 0 Å². The van der Waals surface area contributed by atoms with Gasteiger partial charge >= 0.3 is 5.97 Å². The van der Waals surface area contributed by atoms with Crippen molar-refractivity contribution < 1.29 is 19.1 Å². The summed E-state index contributed by atoms with van der Waals surface area (Å²) in [6.45, 7) is 1.27. The lowest BCUT2D eigenvalue weighted by molar-refractivity contribution is -0.173. The Kier molecular flexibility index (Phi) is 4.47. The average Bonchev–Trinajstić information content (AvgIpc) is 2.53. The van der Waals surface area contributed by atoms with E-state index in [0.717, 1.165) is 5.56 Å². The molecule has 2 rings (SSSR count). The summed E-state index contributed by atoms with van der Waals surface area (Å²) in [6.07, 6.45) is 1.78. The third-order valence-electron chi connectivity index (χ3n) is 3.38. The molecular weight excluding hydrogens is 284 g/mol. The number of hydrogen-bond acceptors (Lipinski definition) is 5. The zero-order valence-electron chi connectivity index (χ0n) is 12.3. The third-order valence-corrected chi connectivity index (χ3v) is 3.38. The molecule has 1 aromatic carbocycles. The number of hydrogen-bond donors (Lipinski definition) is 1. The second-order valence-corrected chi connectivity index (χ2v) is 4.97. The van der Waals surface area contributed by atoms with Gasteiger partial charge in [0.25, 0.3) is 5.72 Å². The van der Waals surface area contributed by atoms with Crippen molar-refractivity contribution >= 4 is 11.9 Å². The van der Waals surface area contributed by atoms with Crippen molar-refractivity contribution in [2.75, 3.05) is 7.11 Å². The largest absolute Gasteiger partial charge is 0.465 e. The minimum absolute atomic E-state index is 0.0285. The Morgan fingerprint density at radius 2 is 2.09 bits per heavy atom. The molecule has 0 spiro atoms. The molecule has 1 heterocycles. The Hall–Kier alpha value is -2.81. The van der Waals surface area contributed by atoms with Crippen LogP contribution in [0.25, 0.3) is 0 Å². The highest BCUT2D eigenvalue weighted by molar-refractivity contribution is 5.86. The zero-order chi connectivity index (χ0) is 16.2. The summed E-state index contributed by atoms with van der Waals surface area (Å²) in [5.74, 6) is -1.48. The van der Waals surface area contributed by atoms with E-state index in [9.17, 15) is 9.59 Å². The van der Waals surface area contributed by atoms with Gasteiger partial charge in [0.2, 0.25) is 5.91 Å². The van der Waals surface area contributed by atoms with E-state index in [4.69, 9.17) is 14.7 Å². The van der Waals surface area contributed by atoms with Gasteiger partial charge in [-0.15, -0.1) is 0 Å². The number of nitriles is 1. The van der Waals surface area contributed by atoms with Crippen molar-refractivity contribution in [3.63, 3.8) is 0 Å². The van der Waals surface area contributed by atoms with E-state index in [-0.39, 0.29) is 18.1 Å². The number of benzene rings is 1. The molecule has 114 valence electrons. The first-order valence-corrected chi connectivity index (χ1v) is 6.74. The summed E-state index contributed by atoms with van der Waals surface area (Å²) >= 11 is 0. The van der Waals surface area contributed by atoms with Gasteiger partial charge in [0.15, 0.2) is 5.76 Å². The van der Waals surface area contributed by atoms with E-state index >= 15 is 0 Å². The summed E-state index contributed by atoms with van der Waals surface area (Å²) in [5, 5.41) is 11.7. The number of ether oxygens (including phenoxy) is 2. The van der Waals surface area contributed by atoms with E-state index in [1.54, 1.807) is 6.08 Å². The molecule has 0 saturated carbocycles. The molecule has 1 N–H and O–H groups in total. The monoisotopic (exact) mass is 300 g/mol. The van der Waals surface area contributed by atoms with Gasteiger partial charge in [0, 0.05) is 19.3 Å². The number of nitrogens with zero attached hydrogens (tertiary/aromatic N) is 1. The molecule has 1 aliphatic rings. The minimum Gasteiger partial charge on any atom is -0.465 e. The lowest BCUT2D eigenvalue weighted by Crippen LogP contribution is -2.58. The lowest BCUT2D eigenvalue weighted by atomic mass is 9.87. The fourth-order valence-electron chi connectivity index (χ4n) is 2.49. The fourth-order valence-corrected chi connectivity index (χ4v) is 2.49. The van der Waals surface area contributed by atoms with Crippen LogP contribution in [0.1, 0.15) is 24.8 Å². The predicted octanol–water partition coefficient (Wildman–Crippen LogP) is 1.60. The van der Waals surface area contributed by atoms with Crippen molar-refractivity contribution in [1.29, 1.82) is 5.26 Å². The maximum atomic E-state index is 12.2. The second kappa shape index (κ2) is 6.31. The van der Waals surface area contributed by atoms with E-state index in [0.29, 0.717) is 0 Å². The van der Waals surface area contributed by atoms with Crippen molar-refractivity contribution in [2.45, 2.75) is 25.0 Å². The Labute approximate surface area is 128 Å². The molecule has 2 atom stereocenters. The Bertz CT molecular complexity index is 648.